The highest BCUT2D eigenvalue weighted by Crippen LogP contribution is 2.28. The monoisotopic (exact) mass is 515 g/mol. The number of carbonyl (C=O) groups is 1. The molecule has 180 valence electrons. The first-order chi connectivity index (χ1) is 17.2. The molecule has 0 aliphatic rings. The van der Waals surface area contributed by atoms with Crippen molar-refractivity contribution in [3.8, 4) is 22.8 Å². The first-order valence-electron chi connectivity index (χ1n) is 11.2. The largest absolute Gasteiger partial charge is 0.451 e. The topological polar surface area (TPSA) is 80.3 Å². The number of carbonyl (C=O) groups excluding carboxylic acids is 1. The van der Waals surface area contributed by atoms with E-state index in [1.807, 2.05) is 63.2 Å². The molecule has 0 spiro atoms. The van der Waals surface area contributed by atoms with Gasteiger partial charge in [-0.15, -0.1) is 0 Å². The minimum atomic E-state index is -0.462. The van der Waals surface area contributed by atoms with Gasteiger partial charge in [-0.25, -0.2) is 4.98 Å². The Hall–Kier alpha value is -3.94. The summed E-state index contributed by atoms with van der Waals surface area (Å²) in [5.74, 6) is 0.762. The SMILES string of the molecule is Cc1cc(C)cc(-c2nc3cc(NC(=S)NC(=O)c4ccc(-c5ccc(C)c(Cl)c5)o4)ccc3o2)c1. The fraction of sp³-hybridized carbons (Fsp3) is 0.107. The van der Waals surface area contributed by atoms with Gasteiger partial charge in [0.15, 0.2) is 16.5 Å². The molecular weight excluding hydrogens is 494 g/mol. The molecule has 0 atom stereocenters. The Morgan fingerprint density at radius 1 is 0.889 bits per heavy atom. The van der Waals surface area contributed by atoms with Gasteiger partial charge in [-0.2, -0.15) is 0 Å². The number of amides is 1. The summed E-state index contributed by atoms with van der Waals surface area (Å²) >= 11 is 11.5. The molecule has 3 aromatic carbocycles. The smallest absolute Gasteiger partial charge is 0.293 e. The Kier molecular flexibility index (Phi) is 6.35. The van der Waals surface area contributed by atoms with Gasteiger partial charge in [0.1, 0.15) is 11.3 Å². The highest BCUT2D eigenvalue weighted by molar-refractivity contribution is 7.80. The number of aryl methyl sites for hydroxylation is 3. The molecule has 0 fully saturated rings. The van der Waals surface area contributed by atoms with E-state index in [9.17, 15) is 4.79 Å². The van der Waals surface area contributed by atoms with Crippen LogP contribution in [0.1, 0.15) is 27.2 Å². The summed E-state index contributed by atoms with van der Waals surface area (Å²) in [6.45, 7) is 6.00. The Labute approximate surface area is 218 Å². The predicted octanol–water partition coefficient (Wildman–Crippen LogP) is 7.46. The standard InChI is InChI=1S/C28H22ClN3O3S/c1-15-10-16(2)12-19(11-15)27-31-22-14-20(6-7-24(22)35-27)30-28(36)32-26(33)25-9-8-23(34-25)18-5-4-17(3)21(29)13-18/h4-14H,1-3H3,(H2,30,32,33,36). The van der Waals surface area contributed by atoms with Crippen molar-refractivity contribution in [2.24, 2.45) is 0 Å². The third-order valence-corrected chi connectivity index (χ3v) is 6.24. The van der Waals surface area contributed by atoms with E-state index in [2.05, 4.69) is 21.7 Å². The average Bonchev–Trinajstić information content (AvgIpc) is 3.47. The van der Waals surface area contributed by atoms with Gasteiger partial charge < -0.3 is 14.2 Å². The molecule has 0 radical (unpaired) electrons. The molecule has 0 aliphatic heterocycles. The van der Waals surface area contributed by atoms with Gasteiger partial charge in [0.25, 0.3) is 5.91 Å². The number of nitrogens with one attached hydrogen (secondary N) is 2. The number of thiocarbonyl (C=S) groups is 1. The molecule has 2 heterocycles. The van der Waals surface area contributed by atoms with Gasteiger partial charge in [0, 0.05) is 21.8 Å². The molecular formula is C28H22ClN3O3S. The molecule has 2 aromatic heterocycles. The van der Waals surface area contributed by atoms with Crippen LogP contribution in [0, 0.1) is 20.8 Å². The van der Waals surface area contributed by atoms with Crippen molar-refractivity contribution in [2.45, 2.75) is 20.8 Å². The second-order valence-electron chi connectivity index (χ2n) is 8.61. The van der Waals surface area contributed by atoms with Crippen molar-refractivity contribution < 1.29 is 13.6 Å². The van der Waals surface area contributed by atoms with Crippen molar-refractivity contribution >= 4 is 51.6 Å². The van der Waals surface area contributed by atoms with E-state index in [1.165, 1.54) is 0 Å². The molecule has 6 nitrogen and oxygen atoms in total. The van der Waals surface area contributed by atoms with E-state index in [-0.39, 0.29) is 10.9 Å². The number of furan rings is 1. The van der Waals surface area contributed by atoms with Crippen molar-refractivity contribution in [3.63, 3.8) is 0 Å². The second-order valence-corrected chi connectivity index (χ2v) is 9.43. The second kappa shape index (κ2) is 9.60. The number of oxazole rings is 1. The first-order valence-corrected chi connectivity index (χ1v) is 12.0. The maximum absolute atomic E-state index is 12.7. The molecule has 0 unspecified atom stereocenters. The fourth-order valence-corrected chi connectivity index (χ4v) is 4.31. The van der Waals surface area contributed by atoms with Crippen LogP contribution < -0.4 is 10.6 Å². The lowest BCUT2D eigenvalue weighted by Gasteiger charge is -2.08. The Morgan fingerprint density at radius 3 is 2.42 bits per heavy atom. The molecule has 1 amide bonds. The quantitative estimate of drug-likeness (QED) is 0.242. The molecule has 5 aromatic rings. The number of anilines is 1. The van der Waals surface area contributed by atoms with Gasteiger partial charge >= 0.3 is 0 Å². The van der Waals surface area contributed by atoms with Crippen LogP contribution in [0.5, 0.6) is 0 Å². The molecule has 2 N–H and O–H groups in total. The fourth-order valence-electron chi connectivity index (χ4n) is 3.92. The first kappa shape index (κ1) is 23.8. The van der Waals surface area contributed by atoms with Crippen molar-refractivity contribution in [3.05, 3.63) is 94.2 Å². The van der Waals surface area contributed by atoms with Gasteiger partial charge in [0.05, 0.1) is 0 Å². The molecule has 0 bridgehead atoms. The van der Waals surface area contributed by atoms with Crippen molar-refractivity contribution in [1.82, 2.24) is 10.3 Å². The highest BCUT2D eigenvalue weighted by atomic mass is 35.5. The lowest BCUT2D eigenvalue weighted by atomic mass is 10.1. The minimum Gasteiger partial charge on any atom is -0.451 e. The van der Waals surface area contributed by atoms with Crippen LogP contribution in [0.2, 0.25) is 5.02 Å². The summed E-state index contributed by atoms with van der Waals surface area (Å²) in [7, 11) is 0. The van der Waals surface area contributed by atoms with Crippen LogP contribution >= 0.6 is 23.8 Å². The lowest BCUT2D eigenvalue weighted by molar-refractivity contribution is 0.0951. The number of halogens is 1. The van der Waals surface area contributed by atoms with E-state index >= 15 is 0 Å². The zero-order valence-corrected chi connectivity index (χ0v) is 21.4. The lowest BCUT2D eigenvalue weighted by Crippen LogP contribution is -2.33. The molecule has 36 heavy (non-hydrogen) atoms. The number of benzene rings is 3. The Bertz CT molecular complexity index is 1620. The predicted molar refractivity (Wildman–Crippen MR) is 146 cm³/mol. The molecule has 0 aliphatic carbocycles. The summed E-state index contributed by atoms with van der Waals surface area (Å²) in [6.07, 6.45) is 0. The van der Waals surface area contributed by atoms with Crippen LogP contribution in [0.25, 0.3) is 33.9 Å². The van der Waals surface area contributed by atoms with Crippen molar-refractivity contribution in [2.75, 3.05) is 5.32 Å². The van der Waals surface area contributed by atoms with Crippen LogP contribution in [-0.2, 0) is 0 Å². The van der Waals surface area contributed by atoms with E-state index < -0.39 is 5.91 Å². The summed E-state index contributed by atoms with van der Waals surface area (Å²) in [5, 5.41) is 6.42. The van der Waals surface area contributed by atoms with Crippen LogP contribution in [0.3, 0.4) is 0 Å². The number of hydrogen-bond donors (Lipinski definition) is 2. The van der Waals surface area contributed by atoms with E-state index in [0.29, 0.717) is 33.5 Å². The Morgan fingerprint density at radius 2 is 1.67 bits per heavy atom. The summed E-state index contributed by atoms with van der Waals surface area (Å²) in [5.41, 5.74) is 6.95. The maximum Gasteiger partial charge on any atom is 0.293 e. The number of hydrogen-bond acceptors (Lipinski definition) is 5. The molecule has 0 saturated carbocycles. The normalized spacial score (nSPS) is 11.0. The van der Waals surface area contributed by atoms with E-state index in [1.54, 1.807) is 18.2 Å². The van der Waals surface area contributed by atoms with E-state index in [4.69, 9.17) is 32.7 Å². The Balaban J connectivity index is 1.27. The summed E-state index contributed by atoms with van der Waals surface area (Å²) in [6, 6.07) is 20.5. The van der Waals surface area contributed by atoms with Crippen LogP contribution in [0.4, 0.5) is 5.69 Å². The van der Waals surface area contributed by atoms with Gasteiger partial charge in [-0.05, 0) is 87.1 Å². The van der Waals surface area contributed by atoms with E-state index in [0.717, 1.165) is 27.8 Å². The molecule has 0 saturated heterocycles. The highest BCUT2D eigenvalue weighted by Gasteiger charge is 2.15. The average molecular weight is 516 g/mol. The number of nitrogens with zero attached hydrogens (tertiary/aromatic N) is 1. The molecule has 8 heteroatoms. The number of rotatable bonds is 4. The van der Waals surface area contributed by atoms with Gasteiger partial charge in [0.2, 0.25) is 5.89 Å². The summed E-state index contributed by atoms with van der Waals surface area (Å²) in [4.78, 5) is 17.3. The molecule has 5 rings (SSSR count). The number of fused-ring (bicyclic) bond motifs is 1. The minimum absolute atomic E-state index is 0.133. The summed E-state index contributed by atoms with van der Waals surface area (Å²) < 4.78 is 11.7. The van der Waals surface area contributed by atoms with Crippen LogP contribution in [0.15, 0.2) is 75.6 Å². The van der Waals surface area contributed by atoms with Gasteiger partial charge in [-0.1, -0.05) is 40.9 Å². The third kappa shape index (κ3) is 5.03. The maximum atomic E-state index is 12.7. The number of aromatic nitrogens is 1. The zero-order valence-electron chi connectivity index (χ0n) is 19.8. The van der Waals surface area contributed by atoms with Gasteiger partial charge in [-0.3, -0.25) is 10.1 Å². The van der Waals surface area contributed by atoms with Crippen LogP contribution in [-0.4, -0.2) is 16.0 Å². The zero-order chi connectivity index (χ0) is 25.4. The third-order valence-electron chi connectivity index (χ3n) is 5.63. The van der Waals surface area contributed by atoms with Crippen molar-refractivity contribution in [1.29, 1.82) is 0 Å².